The molecular weight excluding hydrogens is 240 g/mol. The molecule has 3 rings (SSSR count). The largest absolute Gasteiger partial charge is 0.311 e. The molecule has 0 saturated carbocycles. The summed E-state index contributed by atoms with van der Waals surface area (Å²) in [6, 6.07) is 6.76. The predicted molar refractivity (Wildman–Crippen MR) is 76.2 cm³/mol. The summed E-state index contributed by atoms with van der Waals surface area (Å²) < 4.78 is 0. The van der Waals surface area contributed by atoms with Crippen molar-refractivity contribution in [2.75, 3.05) is 6.54 Å². The SMILES string of the molecule is Cc1cc(C)cc(Cc2nc3c(s2)CNCC3)c1. The van der Waals surface area contributed by atoms with E-state index >= 15 is 0 Å². The van der Waals surface area contributed by atoms with Gasteiger partial charge in [-0.2, -0.15) is 0 Å². The summed E-state index contributed by atoms with van der Waals surface area (Å²) in [4.78, 5) is 6.22. The van der Waals surface area contributed by atoms with Crippen LogP contribution in [-0.2, 0) is 19.4 Å². The van der Waals surface area contributed by atoms with Crippen molar-refractivity contribution in [1.82, 2.24) is 10.3 Å². The summed E-state index contributed by atoms with van der Waals surface area (Å²) in [7, 11) is 0. The maximum absolute atomic E-state index is 4.78. The third-order valence-electron chi connectivity index (χ3n) is 3.28. The van der Waals surface area contributed by atoms with E-state index in [2.05, 4.69) is 37.4 Å². The number of rotatable bonds is 2. The van der Waals surface area contributed by atoms with Crippen molar-refractivity contribution in [3.8, 4) is 0 Å². The quantitative estimate of drug-likeness (QED) is 0.895. The number of hydrogen-bond acceptors (Lipinski definition) is 3. The Balaban J connectivity index is 1.85. The number of fused-ring (bicyclic) bond motifs is 1. The number of aryl methyl sites for hydroxylation is 2. The van der Waals surface area contributed by atoms with Crippen LogP contribution in [0, 0.1) is 13.8 Å². The van der Waals surface area contributed by atoms with Crippen LogP contribution in [0.1, 0.15) is 32.3 Å². The van der Waals surface area contributed by atoms with Crippen molar-refractivity contribution in [2.24, 2.45) is 0 Å². The molecule has 0 spiro atoms. The van der Waals surface area contributed by atoms with Crippen LogP contribution in [0.25, 0.3) is 0 Å². The summed E-state index contributed by atoms with van der Waals surface area (Å²) >= 11 is 1.87. The second kappa shape index (κ2) is 4.82. The number of thiazole rings is 1. The highest BCUT2D eigenvalue weighted by Gasteiger charge is 2.14. The minimum absolute atomic E-state index is 0.972. The van der Waals surface area contributed by atoms with Gasteiger partial charge in [0.05, 0.1) is 10.7 Å². The minimum atomic E-state index is 0.972. The van der Waals surface area contributed by atoms with Crippen LogP contribution in [0.3, 0.4) is 0 Å². The van der Waals surface area contributed by atoms with Crippen LogP contribution in [0.15, 0.2) is 18.2 Å². The zero-order valence-corrected chi connectivity index (χ0v) is 11.7. The molecule has 0 amide bonds. The second-order valence-electron chi connectivity index (χ2n) is 5.08. The molecule has 2 heterocycles. The molecule has 0 fully saturated rings. The van der Waals surface area contributed by atoms with E-state index in [9.17, 15) is 0 Å². The Hall–Kier alpha value is -1.19. The molecule has 1 N–H and O–H groups in total. The van der Waals surface area contributed by atoms with Crippen molar-refractivity contribution in [3.05, 3.63) is 50.5 Å². The van der Waals surface area contributed by atoms with Gasteiger partial charge in [-0.05, 0) is 19.4 Å². The summed E-state index contributed by atoms with van der Waals surface area (Å²) in [5.74, 6) is 0. The molecule has 94 valence electrons. The lowest BCUT2D eigenvalue weighted by atomic mass is 10.1. The molecule has 3 heteroatoms. The van der Waals surface area contributed by atoms with Gasteiger partial charge in [-0.3, -0.25) is 0 Å². The van der Waals surface area contributed by atoms with Gasteiger partial charge in [-0.15, -0.1) is 11.3 Å². The number of aromatic nitrogens is 1. The molecule has 0 unspecified atom stereocenters. The van der Waals surface area contributed by atoms with Crippen molar-refractivity contribution in [3.63, 3.8) is 0 Å². The molecule has 0 aliphatic carbocycles. The first-order chi connectivity index (χ1) is 8.70. The average Bonchev–Trinajstić information content (AvgIpc) is 2.69. The van der Waals surface area contributed by atoms with Crippen molar-refractivity contribution in [1.29, 1.82) is 0 Å². The van der Waals surface area contributed by atoms with Crippen LogP contribution in [0.5, 0.6) is 0 Å². The summed E-state index contributed by atoms with van der Waals surface area (Å²) in [5, 5.41) is 4.66. The smallest absolute Gasteiger partial charge is 0.0975 e. The van der Waals surface area contributed by atoms with Gasteiger partial charge in [0.25, 0.3) is 0 Å². The van der Waals surface area contributed by atoms with Crippen LogP contribution in [0.2, 0.25) is 0 Å². The van der Waals surface area contributed by atoms with E-state index in [0.717, 1.165) is 25.9 Å². The lowest BCUT2D eigenvalue weighted by Gasteiger charge is -2.09. The molecule has 2 nitrogen and oxygen atoms in total. The third-order valence-corrected chi connectivity index (χ3v) is 4.38. The van der Waals surface area contributed by atoms with Gasteiger partial charge in [0, 0.05) is 30.8 Å². The molecule has 2 aromatic rings. The maximum atomic E-state index is 4.78. The Bertz CT molecular complexity index is 528. The Kier molecular flexibility index (Phi) is 3.18. The maximum Gasteiger partial charge on any atom is 0.0975 e. The number of hydrogen-bond donors (Lipinski definition) is 1. The molecule has 18 heavy (non-hydrogen) atoms. The molecular formula is C15H18N2S. The second-order valence-corrected chi connectivity index (χ2v) is 6.25. The molecule has 0 bridgehead atoms. The fourth-order valence-corrected chi connectivity index (χ4v) is 3.72. The zero-order valence-electron chi connectivity index (χ0n) is 10.9. The van der Waals surface area contributed by atoms with Crippen LogP contribution in [-0.4, -0.2) is 11.5 Å². The highest BCUT2D eigenvalue weighted by molar-refractivity contribution is 7.11. The molecule has 0 atom stereocenters. The molecule has 1 aliphatic heterocycles. The first-order valence-corrected chi connectivity index (χ1v) is 7.28. The number of nitrogens with zero attached hydrogens (tertiary/aromatic N) is 1. The molecule has 0 radical (unpaired) electrons. The van der Waals surface area contributed by atoms with Crippen LogP contribution >= 0.6 is 11.3 Å². The lowest BCUT2D eigenvalue weighted by molar-refractivity contribution is 0.643. The standard InChI is InChI=1S/C15H18N2S/c1-10-5-11(2)7-12(6-10)8-15-17-13-3-4-16-9-14(13)18-15/h5-7,16H,3-4,8-9H2,1-2H3. The van der Waals surface area contributed by atoms with Crippen molar-refractivity contribution < 1.29 is 0 Å². The van der Waals surface area contributed by atoms with Gasteiger partial charge in [-0.25, -0.2) is 4.98 Å². The van der Waals surface area contributed by atoms with E-state index in [4.69, 9.17) is 4.98 Å². The van der Waals surface area contributed by atoms with E-state index in [-0.39, 0.29) is 0 Å². The van der Waals surface area contributed by atoms with E-state index in [1.54, 1.807) is 0 Å². The summed E-state index contributed by atoms with van der Waals surface area (Å²) in [6.07, 6.45) is 2.05. The highest BCUT2D eigenvalue weighted by Crippen LogP contribution is 2.24. The van der Waals surface area contributed by atoms with Crippen molar-refractivity contribution >= 4 is 11.3 Å². The third kappa shape index (κ3) is 2.47. The predicted octanol–water partition coefficient (Wildman–Crippen LogP) is 3.00. The monoisotopic (exact) mass is 258 g/mol. The Morgan fingerprint density at radius 2 is 2.00 bits per heavy atom. The first-order valence-electron chi connectivity index (χ1n) is 6.46. The van der Waals surface area contributed by atoms with E-state index in [0.29, 0.717) is 0 Å². The van der Waals surface area contributed by atoms with Gasteiger partial charge in [0.15, 0.2) is 0 Å². The fraction of sp³-hybridized carbons (Fsp3) is 0.400. The average molecular weight is 258 g/mol. The van der Waals surface area contributed by atoms with Crippen LogP contribution in [0.4, 0.5) is 0 Å². The van der Waals surface area contributed by atoms with Crippen molar-refractivity contribution in [2.45, 2.75) is 33.2 Å². The van der Waals surface area contributed by atoms with E-state index < -0.39 is 0 Å². The Morgan fingerprint density at radius 3 is 2.72 bits per heavy atom. The topological polar surface area (TPSA) is 24.9 Å². The highest BCUT2D eigenvalue weighted by atomic mass is 32.1. The van der Waals surface area contributed by atoms with Gasteiger partial charge in [-0.1, -0.05) is 29.3 Å². The summed E-state index contributed by atoms with van der Waals surface area (Å²) in [6.45, 7) is 6.39. The number of nitrogens with one attached hydrogen (secondary N) is 1. The minimum Gasteiger partial charge on any atom is -0.311 e. The zero-order chi connectivity index (χ0) is 12.5. The Morgan fingerprint density at radius 1 is 1.22 bits per heavy atom. The molecule has 0 saturated heterocycles. The lowest BCUT2D eigenvalue weighted by Crippen LogP contribution is -2.22. The molecule has 1 aromatic carbocycles. The Labute approximate surface area is 112 Å². The fourth-order valence-electron chi connectivity index (χ4n) is 2.60. The molecule has 1 aromatic heterocycles. The van der Waals surface area contributed by atoms with Crippen LogP contribution < -0.4 is 5.32 Å². The number of benzene rings is 1. The van der Waals surface area contributed by atoms with E-state index in [1.165, 1.54) is 32.3 Å². The van der Waals surface area contributed by atoms with Gasteiger partial charge < -0.3 is 5.32 Å². The molecule has 1 aliphatic rings. The summed E-state index contributed by atoms with van der Waals surface area (Å²) in [5.41, 5.74) is 5.38. The van der Waals surface area contributed by atoms with Gasteiger partial charge in [0.2, 0.25) is 0 Å². The van der Waals surface area contributed by atoms with E-state index in [1.807, 2.05) is 11.3 Å². The van der Waals surface area contributed by atoms with Gasteiger partial charge >= 0.3 is 0 Å². The van der Waals surface area contributed by atoms with Gasteiger partial charge in [0.1, 0.15) is 0 Å². The first kappa shape index (κ1) is 11.9. The normalized spacial score (nSPS) is 14.6.